The molecule has 0 fully saturated rings. The summed E-state index contributed by atoms with van der Waals surface area (Å²) in [6.45, 7) is 10.5. The Hall–Kier alpha value is -10.8. The summed E-state index contributed by atoms with van der Waals surface area (Å²) in [6.07, 6.45) is 3.83. The summed E-state index contributed by atoms with van der Waals surface area (Å²) in [6, 6.07) is 33.4. The second kappa shape index (κ2) is 27.9. The van der Waals surface area contributed by atoms with Gasteiger partial charge in [-0.1, -0.05) is 96.1 Å². The Morgan fingerprint density at radius 2 is 0.789 bits per heavy atom. The smallest absolute Gasteiger partial charge is 0.412 e. The molecular weight excluding hydrogens is 1200 g/mol. The summed E-state index contributed by atoms with van der Waals surface area (Å²) in [4.78, 5) is 65.4. The average molecular weight is 1260 g/mol. The fourth-order valence-corrected chi connectivity index (χ4v) is 10.1. The van der Waals surface area contributed by atoms with E-state index in [0.717, 1.165) is 11.1 Å². The Morgan fingerprint density at radius 3 is 1.14 bits per heavy atom. The summed E-state index contributed by atoms with van der Waals surface area (Å²) in [5.41, 5.74) is 1.32. The fourth-order valence-electron chi connectivity index (χ4n) is 8.07. The molecule has 0 aliphatic carbocycles. The Balaban J connectivity index is 0.864. The molecule has 9 rings (SSSR count). The molecule has 9 aromatic rings. The van der Waals surface area contributed by atoms with E-state index in [2.05, 4.69) is 64.9 Å². The van der Waals surface area contributed by atoms with Gasteiger partial charge >= 0.3 is 12.2 Å². The predicted octanol–water partition coefficient (Wildman–Crippen LogP) is 10.6. The number of methoxy groups -OCH3 is 2. The predicted molar refractivity (Wildman–Crippen MR) is 329 cm³/mol. The minimum absolute atomic E-state index is 0.0148. The highest BCUT2D eigenvalue weighted by atomic mass is 32.2. The van der Waals surface area contributed by atoms with E-state index in [9.17, 15) is 26.4 Å². The molecule has 0 aliphatic rings. The van der Waals surface area contributed by atoms with Gasteiger partial charge in [-0.3, -0.25) is 20.1 Å². The SMILES string of the molecule is COc1ccccc1Oc1c(NS(=O)(=O)c2ccc(C(C)(C)C)cc2)nc(-c2ncccn2)nc1OCCOC(=O)Nc1cccc(NC(=O)OCCOc2nc(-c3ncccn3)nc(NS(=O)(=O)c3ccc(C(C)(C)C)cc3)c2Oc2ccccc2OC)n1. The lowest BCUT2D eigenvalue weighted by molar-refractivity contribution is 0.135. The molecule has 90 heavy (non-hydrogen) atoms. The van der Waals surface area contributed by atoms with Crippen LogP contribution >= 0.6 is 0 Å². The summed E-state index contributed by atoms with van der Waals surface area (Å²) in [5, 5.41) is 4.95. The number of anilines is 4. The van der Waals surface area contributed by atoms with E-state index in [1.54, 1.807) is 84.9 Å². The number of para-hydroxylation sites is 4. The van der Waals surface area contributed by atoms with Gasteiger partial charge in [-0.2, -0.15) is 9.97 Å². The molecule has 5 aromatic heterocycles. The van der Waals surface area contributed by atoms with Gasteiger partial charge in [-0.25, -0.2) is 61.3 Å². The maximum Gasteiger partial charge on any atom is 0.412 e. The monoisotopic (exact) mass is 1260 g/mol. The topological polar surface area (TPSA) is 340 Å². The van der Waals surface area contributed by atoms with Crippen LogP contribution in [0.4, 0.5) is 32.9 Å². The minimum Gasteiger partial charge on any atom is -0.493 e. The van der Waals surface area contributed by atoms with Gasteiger partial charge in [-0.05, 0) is 94.8 Å². The maximum atomic E-state index is 14.1. The summed E-state index contributed by atoms with van der Waals surface area (Å²) >= 11 is 0. The van der Waals surface area contributed by atoms with Gasteiger partial charge in [0.15, 0.2) is 46.3 Å². The number of pyridine rings is 1. The number of carbonyl (C=O) groups is 2. The third-order valence-electron chi connectivity index (χ3n) is 12.6. The van der Waals surface area contributed by atoms with Crippen LogP contribution in [-0.4, -0.2) is 115 Å². The van der Waals surface area contributed by atoms with Crippen molar-refractivity contribution in [2.45, 2.75) is 62.2 Å². The van der Waals surface area contributed by atoms with E-state index in [0.29, 0.717) is 0 Å². The summed E-state index contributed by atoms with van der Waals surface area (Å²) < 4.78 is 108. The second-order valence-corrected chi connectivity index (χ2v) is 24.5. The molecule has 5 heterocycles. The van der Waals surface area contributed by atoms with Gasteiger partial charge in [0.05, 0.1) is 24.0 Å². The fraction of sp³-hybridized carbons (Fsp3) is 0.230. The van der Waals surface area contributed by atoms with Crippen molar-refractivity contribution in [2.24, 2.45) is 0 Å². The number of amides is 2. The molecule has 0 unspecified atom stereocenters. The Morgan fingerprint density at radius 1 is 0.422 bits per heavy atom. The van der Waals surface area contributed by atoms with Crippen LogP contribution in [0.25, 0.3) is 23.3 Å². The Kier molecular flexibility index (Phi) is 19.8. The Bertz CT molecular complexity index is 3960. The lowest BCUT2D eigenvalue weighted by Gasteiger charge is -2.20. The lowest BCUT2D eigenvalue weighted by Crippen LogP contribution is -2.21. The highest BCUT2D eigenvalue weighted by molar-refractivity contribution is 7.93. The van der Waals surface area contributed by atoms with Crippen molar-refractivity contribution < 1.29 is 64.3 Å². The van der Waals surface area contributed by atoms with Gasteiger partial charge in [0.2, 0.25) is 23.1 Å². The number of benzene rings is 4. The van der Waals surface area contributed by atoms with Crippen LogP contribution < -0.4 is 48.5 Å². The molecule has 0 saturated carbocycles. The van der Waals surface area contributed by atoms with Gasteiger partial charge in [0.25, 0.3) is 31.8 Å². The molecule has 4 N–H and O–H groups in total. The van der Waals surface area contributed by atoms with Crippen molar-refractivity contribution in [1.29, 1.82) is 0 Å². The number of nitrogens with one attached hydrogen (secondary N) is 4. The van der Waals surface area contributed by atoms with Crippen LogP contribution in [0.3, 0.4) is 0 Å². The zero-order valence-electron chi connectivity index (χ0n) is 49.8. The molecule has 2 amide bonds. The van der Waals surface area contributed by atoms with Crippen LogP contribution in [0, 0.1) is 0 Å². The quantitative estimate of drug-likeness (QED) is 0.0408. The first-order chi connectivity index (χ1) is 43.1. The Labute approximate surface area is 518 Å². The zero-order chi connectivity index (χ0) is 64.1. The molecule has 0 bridgehead atoms. The minimum atomic E-state index is -4.35. The number of hydrogen-bond acceptors (Lipinski definition) is 23. The lowest BCUT2D eigenvalue weighted by atomic mass is 9.87. The van der Waals surface area contributed by atoms with Crippen LogP contribution in [0.15, 0.2) is 162 Å². The number of nitrogens with zero attached hydrogens (tertiary/aromatic N) is 9. The second-order valence-electron chi connectivity index (χ2n) is 21.1. The molecule has 0 aliphatic heterocycles. The summed E-state index contributed by atoms with van der Waals surface area (Å²) in [7, 11) is -5.84. The molecule has 466 valence electrons. The third kappa shape index (κ3) is 16.4. The first kappa shape index (κ1) is 63.7. The van der Waals surface area contributed by atoms with E-state index < -0.39 is 45.4 Å². The van der Waals surface area contributed by atoms with Gasteiger partial charge in [-0.15, -0.1) is 0 Å². The van der Waals surface area contributed by atoms with Gasteiger partial charge in [0.1, 0.15) is 38.1 Å². The van der Waals surface area contributed by atoms with Crippen molar-refractivity contribution in [3.8, 4) is 69.6 Å². The first-order valence-corrected chi connectivity index (χ1v) is 30.4. The summed E-state index contributed by atoms with van der Waals surface area (Å²) in [5.74, 6) is -1.33. The molecule has 29 heteroatoms. The van der Waals surface area contributed by atoms with Crippen molar-refractivity contribution in [3.63, 3.8) is 0 Å². The van der Waals surface area contributed by atoms with Crippen molar-refractivity contribution in [2.75, 3.05) is 60.7 Å². The average Bonchev–Trinajstić information content (AvgIpc) is 0.982. The normalized spacial score (nSPS) is 11.6. The van der Waals surface area contributed by atoms with E-state index in [4.69, 9.17) is 37.9 Å². The molecule has 0 radical (unpaired) electrons. The van der Waals surface area contributed by atoms with Crippen molar-refractivity contribution in [1.82, 2.24) is 44.9 Å². The number of hydrogen-bond donors (Lipinski definition) is 4. The number of aromatic nitrogens is 9. The van der Waals surface area contributed by atoms with Crippen molar-refractivity contribution in [3.05, 3.63) is 163 Å². The van der Waals surface area contributed by atoms with Crippen LogP contribution in [0.5, 0.6) is 46.3 Å². The van der Waals surface area contributed by atoms with E-state index in [1.807, 2.05) is 41.5 Å². The molecule has 0 atom stereocenters. The standard InChI is InChI=1S/C61H61N13O14S2/c1-60(2,3)38-22-26-40(27-23-38)89(77,78)73-50-48(87-44-18-11-9-16-42(44)81-7)56(71-54(69-50)52-62-30-14-31-63-52)83-34-36-85-58(75)67-46-20-13-21-47(66-46)68-59(76)86-37-35-84-57-49(88-45-19-12-10-17-43(45)82-8)51(70-55(72-57)53-64-32-15-33-65-53)74-90(79,80)41-28-24-39(25-29-41)61(4,5)6/h9-33H,34-37H2,1-8H3,(H,69,71,73)(H,70,72,74)(H2,66,67,68,75,76). The van der Waals surface area contributed by atoms with E-state index in [-0.39, 0.29) is 127 Å². The first-order valence-electron chi connectivity index (χ1n) is 27.4. The maximum absolute atomic E-state index is 14.1. The van der Waals surface area contributed by atoms with Crippen molar-refractivity contribution >= 4 is 55.5 Å². The number of sulfonamides is 2. The zero-order valence-corrected chi connectivity index (χ0v) is 51.5. The van der Waals surface area contributed by atoms with Gasteiger partial charge < -0.3 is 37.9 Å². The highest BCUT2D eigenvalue weighted by Gasteiger charge is 2.29. The van der Waals surface area contributed by atoms with E-state index >= 15 is 0 Å². The molecule has 0 spiro atoms. The van der Waals surface area contributed by atoms with E-state index in [1.165, 1.54) is 81.5 Å². The number of carbonyl (C=O) groups excluding carboxylic acids is 2. The van der Waals surface area contributed by atoms with Gasteiger partial charge in [0, 0.05) is 24.8 Å². The van der Waals surface area contributed by atoms with Crippen LogP contribution in [0.2, 0.25) is 0 Å². The molecule has 0 saturated heterocycles. The van der Waals surface area contributed by atoms with Crippen LogP contribution in [0.1, 0.15) is 52.7 Å². The molecule has 27 nitrogen and oxygen atoms in total. The number of ether oxygens (including phenoxy) is 8. The largest absolute Gasteiger partial charge is 0.493 e. The highest BCUT2D eigenvalue weighted by Crippen LogP contribution is 2.43. The molecular formula is C61H61N13O14S2. The van der Waals surface area contributed by atoms with Crippen LogP contribution in [-0.2, 0) is 40.4 Å². The number of rotatable bonds is 24. The third-order valence-corrected chi connectivity index (χ3v) is 15.3. The molecule has 4 aromatic carbocycles.